The highest BCUT2D eigenvalue weighted by Gasteiger charge is 2.28. The number of sulfonamides is 1. The van der Waals surface area contributed by atoms with Crippen molar-refractivity contribution in [2.24, 2.45) is 5.92 Å². The van der Waals surface area contributed by atoms with Crippen LogP contribution in [0.3, 0.4) is 0 Å². The number of ether oxygens (including phenoxy) is 1. The zero-order chi connectivity index (χ0) is 17.2. The fourth-order valence-electron chi connectivity index (χ4n) is 2.25. The van der Waals surface area contributed by atoms with Gasteiger partial charge in [0.05, 0.1) is 6.61 Å². The normalized spacial score (nSPS) is 14.4. The Hall–Kier alpha value is -1.86. The lowest BCUT2D eigenvalue weighted by Gasteiger charge is -2.19. The number of hydrogen-bond acceptors (Lipinski definition) is 5. The van der Waals surface area contributed by atoms with Crippen molar-refractivity contribution in [3.63, 3.8) is 0 Å². The van der Waals surface area contributed by atoms with Gasteiger partial charge in [-0.05, 0) is 36.6 Å². The molecule has 0 aliphatic heterocycles. The molecule has 0 N–H and O–H groups in total. The molecule has 128 valence electrons. The maximum absolute atomic E-state index is 12.9. The summed E-state index contributed by atoms with van der Waals surface area (Å²) in [7, 11) is -2.48. The predicted octanol–water partition coefficient (Wildman–Crippen LogP) is 3.13. The van der Waals surface area contributed by atoms with E-state index in [2.05, 4.69) is 9.97 Å². The van der Waals surface area contributed by atoms with E-state index in [1.54, 1.807) is 18.2 Å². The van der Waals surface area contributed by atoms with Crippen LogP contribution in [0.5, 0.6) is 5.75 Å². The first-order chi connectivity index (χ1) is 11.5. The molecule has 0 bridgehead atoms. The molecule has 1 aliphatic carbocycles. The lowest BCUT2D eigenvalue weighted by atomic mass is 10.3. The van der Waals surface area contributed by atoms with E-state index in [1.807, 2.05) is 0 Å². The van der Waals surface area contributed by atoms with Gasteiger partial charge in [-0.15, -0.1) is 0 Å². The topological polar surface area (TPSA) is 72.4 Å². The molecule has 0 saturated heterocycles. The van der Waals surface area contributed by atoms with Gasteiger partial charge >= 0.3 is 0 Å². The number of hydrogen-bond donors (Lipinski definition) is 0. The second-order valence-corrected chi connectivity index (χ2v) is 8.07. The molecular formula is C16H18ClN3O3S. The molecule has 1 saturated carbocycles. The van der Waals surface area contributed by atoms with E-state index in [0.717, 1.165) is 10.7 Å². The van der Waals surface area contributed by atoms with Crippen molar-refractivity contribution < 1.29 is 13.2 Å². The first-order valence-electron chi connectivity index (χ1n) is 7.67. The van der Waals surface area contributed by atoms with Crippen LogP contribution >= 0.6 is 11.6 Å². The van der Waals surface area contributed by atoms with Gasteiger partial charge in [-0.1, -0.05) is 24.4 Å². The lowest BCUT2D eigenvalue weighted by molar-refractivity contribution is 0.295. The minimum Gasteiger partial charge on any atom is -0.492 e. The number of nitrogens with zero attached hydrogens (tertiary/aromatic N) is 3. The van der Waals surface area contributed by atoms with Crippen LogP contribution in [-0.4, -0.2) is 32.0 Å². The average molecular weight is 368 g/mol. The largest absolute Gasteiger partial charge is 0.492 e. The molecule has 0 atom stereocenters. The molecule has 1 aromatic heterocycles. The summed E-state index contributed by atoms with van der Waals surface area (Å²) in [6.07, 6.45) is 6.35. The van der Waals surface area contributed by atoms with Crippen molar-refractivity contribution in [2.45, 2.75) is 24.2 Å². The van der Waals surface area contributed by atoms with E-state index in [1.165, 1.54) is 38.3 Å². The van der Waals surface area contributed by atoms with Crippen LogP contribution in [0.25, 0.3) is 0 Å². The number of rotatable bonds is 7. The van der Waals surface area contributed by atoms with Gasteiger partial charge in [-0.2, -0.15) is 0 Å². The van der Waals surface area contributed by atoms with E-state index < -0.39 is 10.0 Å². The van der Waals surface area contributed by atoms with E-state index in [9.17, 15) is 8.42 Å². The molecule has 2 aromatic rings. The molecule has 6 nitrogen and oxygen atoms in total. The van der Waals surface area contributed by atoms with Crippen LogP contribution < -0.4 is 9.04 Å². The Balaban J connectivity index is 1.89. The van der Waals surface area contributed by atoms with Crippen LogP contribution in [0, 0.1) is 5.92 Å². The Bertz CT molecular complexity index is 811. The van der Waals surface area contributed by atoms with Crippen LogP contribution in [0.2, 0.25) is 5.02 Å². The fraction of sp³-hybridized carbons (Fsp3) is 0.375. The highest BCUT2D eigenvalue weighted by atomic mass is 35.5. The summed E-state index contributed by atoms with van der Waals surface area (Å²) >= 11 is 6.00. The molecule has 1 fully saturated rings. The number of benzene rings is 1. The summed E-state index contributed by atoms with van der Waals surface area (Å²) in [6.45, 7) is 0.486. The van der Waals surface area contributed by atoms with Gasteiger partial charge in [0.15, 0.2) is 0 Å². The van der Waals surface area contributed by atoms with Crippen LogP contribution in [0.1, 0.15) is 19.3 Å². The molecule has 1 heterocycles. The van der Waals surface area contributed by atoms with Crippen molar-refractivity contribution in [1.82, 2.24) is 9.97 Å². The van der Waals surface area contributed by atoms with E-state index in [0.29, 0.717) is 23.3 Å². The average Bonchev–Trinajstić information content (AvgIpc) is 3.40. The van der Waals surface area contributed by atoms with Crippen molar-refractivity contribution in [3.8, 4) is 5.75 Å². The standard InChI is InChI=1S/C16H18ClN3O3S/c1-20(16-18-8-2-9-19-16)24(21,22)15-11-13(17)5-6-14(15)23-10-7-12-3-4-12/h2,5-6,8-9,11-12H,3-4,7,10H2,1H3. The second kappa shape index (κ2) is 6.94. The Labute approximate surface area is 146 Å². The van der Waals surface area contributed by atoms with Crippen molar-refractivity contribution >= 4 is 27.6 Å². The highest BCUT2D eigenvalue weighted by Crippen LogP contribution is 2.34. The SMILES string of the molecule is CN(c1ncccn1)S(=O)(=O)c1cc(Cl)ccc1OCCC1CC1. The zero-order valence-electron chi connectivity index (χ0n) is 13.2. The second-order valence-electron chi connectivity index (χ2n) is 5.69. The number of anilines is 1. The van der Waals surface area contributed by atoms with E-state index in [4.69, 9.17) is 16.3 Å². The predicted molar refractivity (Wildman–Crippen MR) is 91.9 cm³/mol. The van der Waals surface area contributed by atoms with Crippen molar-refractivity contribution in [1.29, 1.82) is 0 Å². The van der Waals surface area contributed by atoms with Gasteiger partial charge in [-0.3, -0.25) is 0 Å². The summed E-state index contributed by atoms with van der Waals surface area (Å²) < 4.78 is 32.6. The molecule has 1 aliphatic rings. The molecular weight excluding hydrogens is 350 g/mol. The molecule has 1 aromatic carbocycles. The maximum atomic E-state index is 12.9. The van der Waals surface area contributed by atoms with Crippen LogP contribution in [-0.2, 0) is 10.0 Å². The zero-order valence-corrected chi connectivity index (χ0v) is 14.8. The van der Waals surface area contributed by atoms with Gasteiger partial charge in [-0.25, -0.2) is 22.7 Å². The summed E-state index contributed by atoms with van der Waals surface area (Å²) in [5.41, 5.74) is 0. The van der Waals surface area contributed by atoms with Gasteiger partial charge in [0, 0.05) is 24.5 Å². The fourth-order valence-corrected chi connectivity index (χ4v) is 3.75. The summed E-state index contributed by atoms with van der Waals surface area (Å²) in [5.74, 6) is 1.09. The molecule has 0 amide bonds. The first kappa shape index (κ1) is 17.0. The molecule has 0 unspecified atom stereocenters. The summed E-state index contributed by atoms with van der Waals surface area (Å²) in [6, 6.07) is 6.21. The molecule has 0 radical (unpaired) electrons. The van der Waals surface area contributed by atoms with Gasteiger partial charge in [0.25, 0.3) is 10.0 Å². The van der Waals surface area contributed by atoms with E-state index >= 15 is 0 Å². The highest BCUT2D eigenvalue weighted by molar-refractivity contribution is 7.92. The van der Waals surface area contributed by atoms with Gasteiger partial charge < -0.3 is 4.74 Å². The quantitative estimate of drug-likeness (QED) is 0.751. The summed E-state index contributed by atoms with van der Waals surface area (Å²) in [5, 5.41) is 0.325. The first-order valence-corrected chi connectivity index (χ1v) is 9.48. The van der Waals surface area contributed by atoms with Gasteiger partial charge in [0.2, 0.25) is 5.95 Å². The Morgan fingerprint density at radius 3 is 2.67 bits per heavy atom. The third-order valence-electron chi connectivity index (χ3n) is 3.86. The molecule has 8 heteroatoms. The van der Waals surface area contributed by atoms with Gasteiger partial charge in [0.1, 0.15) is 10.6 Å². The third kappa shape index (κ3) is 3.79. The Morgan fingerprint density at radius 1 is 1.29 bits per heavy atom. The minimum atomic E-state index is -3.88. The van der Waals surface area contributed by atoms with Crippen LogP contribution in [0.4, 0.5) is 5.95 Å². The van der Waals surface area contributed by atoms with E-state index in [-0.39, 0.29) is 10.8 Å². The van der Waals surface area contributed by atoms with Crippen molar-refractivity contribution in [2.75, 3.05) is 18.0 Å². The maximum Gasteiger partial charge on any atom is 0.270 e. The minimum absolute atomic E-state index is 0.0146. The monoisotopic (exact) mass is 367 g/mol. The smallest absolute Gasteiger partial charge is 0.270 e. The molecule has 0 spiro atoms. The Morgan fingerprint density at radius 2 is 2.00 bits per heavy atom. The molecule has 24 heavy (non-hydrogen) atoms. The van der Waals surface area contributed by atoms with Crippen molar-refractivity contribution in [3.05, 3.63) is 41.7 Å². The third-order valence-corrected chi connectivity index (χ3v) is 5.85. The van der Waals surface area contributed by atoms with Crippen LogP contribution in [0.15, 0.2) is 41.6 Å². The molecule has 3 rings (SSSR count). The number of aromatic nitrogens is 2. The number of halogens is 1. The lowest BCUT2D eigenvalue weighted by Crippen LogP contribution is -2.28. The Kier molecular flexibility index (Phi) is 4.91. The summed E-state index contributed by atoms with van der Waals surface area (Å²) in [4.78, 5) is 7.97.